The van der Waals surface area contributed by atoms with E-state index in [2.05, 4.69) is 59.6 Å². The number of H-pyrrole nitrogens is 1. The molecule has 148 valence electrons. The first-order valence-electron chi connectivity index (χ1n) is 9.89. The SMILES string of the molecule is CC/C(=C(\c1ccc(C=CC(=O)O)cc1)c1ccc2cn[nH]c2c1)c1ccccc1. The highest BCUT2D eigenvalue weighted by Crippen LogP contribution is 2.35. The van der Waals surface area contributed by atoms with E-state index >= 15 is 0 Å². The Balaban J connectivity index is 1.89. The Bertz CT molecular complexity index is 1230. The molecule has 0 aliphatic rings. The van der Waals surface area contributed by atoms with E-state index in [4.69, 9.17) is 5.11 Å². The lowest BCUT2D eigenvalue weighted by atomic mass is 9.87. The Kier molecular flexibility index (Phi) is 5.57. The Hall–Kier alpha value is -3.92. The number of fused-ring (bicyclic) bond motifs is 1. The van der Waals surface area contributed by atoms with Crippen molar-refractivity contribution >= 4 is 34.1 Å². The highest BCUT2D eigenvalue weighted by atomic mass is 16.4. The number of rotatable bonds is 6. The molecule has 0 radical (unpaired) electrons. The molecule has 4 aromatic rings. The van der Waals surface area contributed by atoms with Crippen LogP contribution in [0.5, 0.6) is 0 Å². The van der Waals surface area contributed by atoms with Crippen LogP contribution in [0.1, 0.15) is 35.6 Å². The molecule has 0 aliphatic heterocycles. The van der Waals surface area contributed by atoms with Gasteiger partial charge in [0.05, 0.1) is 11.7 Å². The van der Waals surface area contributed by atoms with E-state index < -0.39 is 5.97 Å². The lowest BCUT2D eigenvalue weighted by Crippen LogP contribution is -1.95. The number of aliphatic carboxylic acids is 1. The predicted molar refractivity (Wildman–Crippen MR) is 122 cm³/mol. The maximum Gasteiger partial charge on any atom is 0.328 e. The van der Waals surface area contributed by atoms with Gasteiger partial charge in [0, 0.05) is 11.5 Å². The van der Waals surface area contributed by atoms with Crippen LogP contribution < -0.4 is 0 Å². The molecule has 4 nitrogen and oxygen atoms in total. The van der Waals surface area contributed by atoms with Crippen LogP contribution in [-0.2, 0) is 4.79 Å². The van der Waals surface area contributed by atoms with E-state index in [1.807, 2.05) is 36.5 Å². The zero-order valence-electron chi connectivity index (χ0n) is 16.7. The van der Waals surface area contributed by atoms with Crippen LogP contribution >= 0.6 is 0 Å². The van der Waals surface area contributed by atoms with Gasteiger partial charge in [-0.25, -0.2) is 4.79 Å². The van der Waals surface area contributed by atoms with Crippen LogP contribution in [0.3, 0.4) is 0 Å². The Morgan fingerprint density at radius 2 is 1.70 bits per heavy atom. The molecule has 4 rings (SSSR count). The maximum absolute atomic E-state index is 10.8. The monoisotopic (exact) mass is 394 g/mol. The van der Waals surface area contributed by atoms with Crippen molar-refractivity contribution in [3.8, 4) is 0 Å². The predicted octanol–water partition coefficient (Wildman–Crippen LogP) is 6.03. The molecule has 1 aromatic heterocycles. The molecule has 4 heteroatoms. The van der Waals surface area contributed by atoms with Crippen molar-refractivity contribution < 1.29 is 9.90 Å². The van der Waals surface area contributed by atoms with Crippen molar-refractivity contribution in [3.05, 3.63) is 107 Å². The first-order valence-corrected chi connectivity index (χ1v) is 9.89. The van der Waals surface area contributed by atoms with Gasteiger partial charge in [0.25, 0.3) is 0 Å². The second-order valence-electron chi connectivity index (χ2n) is 7.04. The van der Waals surface area contributed by atoms with Gasteiger partial charge in [-0.05, 0) is 52.0 Å². The summed E-state index contributed by atoms with van der Waals surface area (Å²) >= 11 is 0. The average molecular weight is 394 g/mol. The van der Waals surface area contributed by atoms with Crippen LogP contribution in [0.15, 0.2) is 85.1 Å². The molecule has 30 heavy (non-hydrogen) atoms. The molecule has 3 aromatic carbocycles. The molecule has 0 spiro atoms. The van der Waals surface area contributed by atoms with E-state index in [1.165, 1.54) is 11.1 Å². The molecule has 0 saturated carbocycles. The van der Waals surface area contributed by atoms with Gasteiger partial charge >= 0.3 is 5.97 Å². The van der Waals surface area contributed by atoms with Crippen molar-refractivity contribution in [3.63, 3.8) is 0 Å². The molecule has 0 aliphatic carbocycles. The van der Waals surface area contributed by atoms with E-state index in [1.54, 1.807) is 6.08 Å². The third-order valence-electron chi connectivity index (χ3n) is 5.13. The number of carboxylic acid groups (broad SMARTS) is 1. The first-order chi connectivity index (χ1) is 14.7. The van der Waals surface area contributed by atoms with E-state index in [-0.39, 0.29) is 0 Å². The van der Waals surface area contributed by atoms with Crippen LogP contribution in [0.4, 0.5) is 0 Å². The zero-order valence-corrected chi connectivity index (χ0v) is 16.7. The Morgan fingerprint density at radius 3 is 2.40 bits per heavy atom. The molecule has 2 N–H and O–H groups in total. The summed E-state index contributed by atoms with van der Waals surface area (Å²) in [6, 6.07) is 24.7. The number of aromatic amines is 1. The fourth-order valence-electron chi connectivity index (χ4n) is 3.70. The molecule has 0 fully saturated rings. The minimum atomic E-state index is -0.954. The third-order valence-corrected chi connectivity index (χ3v) is 5.13. The normalized spacial score (nSPS) is 12.3. The summed E-state index contributed by atoms with van der Waals surface area (Å²) in [5.74, 6) is -0.954. The maximum atomic E-state index is 10.8. The van der Waals surface area contributed by atoms with Crippen LogP contribution in [0, 0.1) is 0 Å². The number of benzene rings is 3. The van der Waals surface area contributed by atoms with Crippen molar-refractivity contribution in [1.82, 2.24) is 10.2 Å². The van der Waals surface area contributed by atoms with Gasteiger partial charge in [0.1, 0.15) is 0 Å². The van der Waals surface area contributed by atoms with Crippen molar-refractivity contribution in [2.45, 2.75) is 13.3 Å². The summed E-state index contributed by atoms with van der Waals surface area (Å²) in [6.07, 6.45) is 5.45. The van der Waals surface area contributed by atoms with Gasteiger partial charge in [-0.1, -0.05) is 73.7 Å². The van der Waals surface area contributed by atoms with Crippen molar-refractivity contribution in [2.75, 3.05) is 0 Å². The molecular weight excluding hydrogens is 372 g/mol. The standard InChI is InChI=1S/C26H22N2O2/c1-2-23(19-6-4-3-5-7-19)26(21-13-14-22-17-27-28-24(22)16-21)20-11-8-18(9-12-20)10-15-25(29)30/h3-17H,2H2,1H3,(H,27,28)(H,29,30)/b15-10?,26-23-. The number of hydrogen-bond acceptors (Lipinski definition) is 2. The summed E-state index contributed by atoms with van der Waals surface area (Å²) in [7, 11) is 0. The first kappa shape index (κ1) is 19.4. The largest absolute Gasteiger partial charge is 0.478 e. The molecule has 0 saturated heterocycles. The number of nitrogens with zero attached hydrogens (tertiary/aromatic N) is 1. The summed E-state index contributed by atoms with van der Waals surface area (Å²) in [4.78, 5) is 10.8. The molecule has 0 amide bonds. The molecule has 0 atom stereocenters. The van der Waals surface area contributed by atoms with Gasteiger partial charge in [-0.15, -0.1) is 0 Å². The van der Waals surface area contributed by atoms with Crippen molar-refractivity contribution in [1.29, 1.82) is 0 Å². The quantitative estimate of drug-likeness (QED) is 0.310. The Morgan fingerprint density at radius 1 is 0.967 bits per heavy atom. The second-order valence-corrected chi connectivity index (χ2v) is 7.04. The second kappa shape index (κ2) is 8.62. The van der Waals surface area contributed by atoms with Gasteiger partial charge in [0.15, 0.2) is 0 Å². The number of allylic oxidation sites excluding steroid dienone is 1. The molecule has 0 unspecified atom stereocenters. The third kappa shape index (κ3) is 4.08. The fourth-order valence-corrected chi connectivity index (χ4v) is 3.70. The lowest BCUT2D eigenvalue weighted by Gasteiger charge is -2.16. The van der Waals surface area contributed by atoms with E-state index in [0.29, 0.717) is 0 Å². The number of carboxylic acids is 1. The van der Waals surface area contributed by atoms with E-state index in [0.717, 1.165) is 45.7 Å². The van der Waals surface area contributed by atoms with Gasteiger partial charge in [-0.3, -0.25) is 5.10 Å². The highest BCUT2D eigenvalue weighted by molar-refractivity contribution is 6.00. The lowest BCUT2D eigenvalue weighted by molar-refractivity contribution is -0.131. The summed E-state index contributed by atoms with van der Waals surface area (Å²) in [5, 5.41) is 17.1. The molecule has 1 heterocycles. The van der Waals surface area contributed by atoms with Crippen LogP contribution in [0.25, 0.3) is 28.1 Å². The molecular formula is C26H22N2O2. The number of carbonyl (C=O) groups is 1. The molecule has 0 bridgehead atoms. The smallest absolute Gasteiger partial charge is 0.328 e. The number of aromatic nitrogens is 2. The van der Waals surface area contributed by atoms with Crippen LogP contribution in [0.2, 0.25) is 0 Å². The van der Waals surface area contributed by atoms with E-state index in [9.17, 15) is 4.79 Å². The van der Waals surface area contributed by atoms with Crippen LogP contribution in [-0.4, -0.2) is 21.3 Å². The minimum absolute atomic E-state index is 0.849. The summed E-state index contributed by atoms with van der Waals surface area (Å²) < 4.78 is 0. The van der Waals surface area contributed by atoms with Gasteiger partial charge < -0.3 is 5.11 Å². The zero-order chi connectivity index (χ0) is 20.9. The topological polar surface area (TPSA) is 66.0 Å². The average Bonchev–Trinajstić information content (AvgIpc) is 3.25. The van der Waals surface area contributed by atoms with Gasteiger partial charge in [-0.2, -0.15) is 5.10 Å². The number of hydrogen-bond donors (Lipinski definition) is 2. The number of nitrogens with one attached hydrogen (secondary N) is 1. The highest BCUT2D eigenvalue weighted by Gasteiger charge is 2.14. The summed E-state index contributed by atoms with van der Waals surface area (Å²) in [6.45, 7) is 2.17. The Labute approximate surface area is 175 Å². The fraction of sp³-hybridized carbons (Fsp3) is 0.0769. The summed E-state index contributed by atoms with van der Waals surface area (Å²) in [5.41, 5.74) is 7.65. The van der Waals surface area contributed by atoms with Crippen molar-refractivity contribution in [2.24, 2.45) is 0 Å². The van der Waals surface area contributed by atoms with Gasteiger partial charge in [0.2, 0.25) is 0 Å². The minimum Gasteiger partial charge on any atom is -0.478 e.